The molecule has 2 atom stereocenters. The summed E-state index contributed by atoms with van der Waals surface area (Å²) in [6, 6.07) is 6.51. The van der Waals surface area contributed by atoms with E-state index in [0.717, 1.165) is 18.8 Å². The predicted octanol–water partition coefficient (Wildman–Crippen LogP) is 1.63. The summed E-state index contributed by atoms with van der Waals surface area (Å²) in [6.45, 7) is 6.17. The van der Waals surface area contributed by atoms with Crippen LogP contribution in [-0.2, 0) is 4.84 Å². The van der Waals surface area contributed by atoms with Crippen molar-refractivity contribution in [3.05, 3.63) is 34.9 Å². The van der Waals surface area contributed by atoms with Crippen LogP contribution in [0.4, 0.5) is 0 Å². The second-order valence-electron chi connectivity index (χ2n) is 4.68. The second-order valence-corrected chi connectivity index (χ2v) is 4.68. The number of nitrogens with zero attached hydrogens (tertiary/aromatic N) is 1. The Labute approximate surface area is 95.5 Å². The molecule has 3 heteroatoms. The van der Waals surface area contributed by atoms with Gasteiger partial charge in [0.05, 0.1) is 11.6 Å². The smallest absolute Gasteiger partial charge is 0.149 e. The van der Waals surface area contributed by atoms with E-state index in [0.29, 0.717) is 5.92 Å². The van der Waals surface area contributed by atoms with Crippen molar-refractivity contribution in [3.63, 3.8) is 0 Å². The van der Waals surface area contributed by atoms with Gasteiger partial charge in [-0.1, -0.05) is 17.3 Å². The lowest BCUT2D eigenvalue weighted by Gasteiger charge is -2.09. The molecule has 2 unspecified atom stereocenters. The Hall–Kier alpha value is -1.35. The molecule has 3 nitrogen and oxygen atoms in total. The zero-order chi connectivity index (χ0) is 11.1. The van der Waals surface area contributed by atoms with Gasteiger partial charge >= 0.3 is 0 Å². The van der Waals surface area contributed by atoms with E-state index in [4.69, 9.17) is 4.84 Å². The summed E-state index contributed by atoms with van der Waals surface area (Å²) in [5, 5.41) is 7.58. The third kappa shape index (κ3) is 1.43. The van der Waals surface area contributed by atoms with Gasteiger partial charge in [0.15, 0.2) is 0 Å². The van der Waals surface area contributed by atoms with Gasteiger partial charge in [-0.05, 0) is 31.0 Å². The fourth-order valence-electron chi connectivity index (χ4n) is 2.40. The number of nitrogens with one attached hydrogen (secondary N) is 1. The zero-order valence-electron chi connectivity index (χ0n) is 9.66. The average Bonchev–Trinajstić information content (AvgIpc) is 2.83. The molecular formula is C13H16N2O. The summed E-state index contributed by atoms with van der Waals surface area (Å²) in [6.07, 6.45) is 0.247. The summed E-state index contributed by atoms with van der Waals surface area (Å²) >= 11 is 0. The molecular weight excluding hydrogens is 200 g/mol. The number of fused-ring (bicyclic) bond motifs is 1. The summed E-state index contributed by atoms with van der Waals surface area (Å²) in [7, 11) is 0. The number of hydrogen-bond donors (Lipinski definition) is 1. The highest BCUT2D eigenvalue weighted by Gasteiger charge is 2.38. The predicted molar refractivity (Wildman–Crippen MR) is 63.7 cm³/mol. The molecule has 1 saturated heterocycles. The molecule has 3 rings (SSSR count). The minimum atomic E-state index is 0.247. The molecule has 1 N–H and O–H groups in total. The molecule has 84 valence electrons. The van der Waals surface area contributed by atoms with Gasteiger partial charge < -0.3 is 10.2 Å². The molecule has 0 aliphatic carbocycles. The molecule has 0 bridgehead atoms. The van der Waals surface area contributed by atoms with Gasteiger partial charge in [0.1, 0.15) is 6.10 Å². The fraction of sp³-hybridized carbons (Fsp3) is 0.462. The number of rotatable bonds is 1. The maximum atomic E-state index is 5.44. The topological polar surface area (TPSA) is 33.6 Å². The van der Waals surface area contributed by atoms with Crippen molar-refractivity contribution in [2.45, 2.75) is 20.0 Å². The van der Waals surface area contributed by atoms with Crippen LogP contribution < -0.4 is 5.32 Å². The highest BCUT2D eigenvalue weighted by molar-refractivity contribution is 6.03. The Bertz CT molecular complexity index is 453. The normalized spacial score (nSPS) is 27.5. The van der Waals surface area contributed by atoms with Gasteiger partial charge in [0.25, 0.3) is 0 Å². The van der Waals surface area contributed by atoms with Gasteiger partial charge in [-0.2, -0.15) is 0 Å². The van der Waals surface area contributed by atoms with E-state index in [1.165, 1.54) is 16.7 Å². The third-order valence-electron chi connectivity index (χ3n) is 3.60. The molecule has 2 heterocycles. The lowest BCUT2D eigenvalue weighted by Crippen LogP contribution is -2.21. The van der Waals surface area contributed by atoms with Crippen LogP contribution in [0.2, 0.25) is 0 Å². The van der Waals surface area contributed by atoms with Gasteiger partial charge in [0.2, 0.25) is 0 Å². The van der Waals surface area contributed by atoms with Crippen molar-refractivity contribution in [2.24, 2.45) is 11.1 Å². The van der Waals surface area contributed by atoms with E-state index in [2.05, 4.69) is 42.5 Å². The van der Waals surface area contributed by atoms with Gasteiger partial charge in [-0.15, -0.1) is 0 Å². The first-order chi connectivity index (χ1) is 7.75. The average molecular weight is 216 g/mol. The third-order valence-corrected chi connectivity index (χ3v) is 3.60. The quantitative estimate of drug-likeness (QED) is 0.774. The number of hydrogen-bond acceptors (Lipinski definition) is 3. The molecule has 1 aromatic rings. The summed E-state index contributed by atoms with van der Waals surface area (Å²) in [4.78, 5) is 5.44. The molecule has 16 heavy (non-hydrogen) atoms. The minimum Gasteiger partial charge on any atom is -0.390 e. The highest BCUT2D eigenvalue weighted by atomic mass is 16.6. The Morgan fingerprint density at radius 1 is 1.25 bits per heavy atom. The van der Waals surface area contributed by atoms with Crippen LogP contribution in [0, 0.1) is 19.8 Å². The molecule has 0 spiro atoms. The van der Waals surface area contributed by atoms with Crippen molar-refractivity contribution in [1.29, 1.82) is 0 Å². The lowest BCUT2D eigenvalue weighted by molar-refractivity contribution is 0.0842. The second kappa shape index (κ2) is 3.59. The first-order valence-electron chi connectivity index (χ1n) is 5.78. The molecule has 0 saturated carbocycles. The van der Waals surface area contributed by atoms with E-state index in [1.807, 2.05) is 0 Å². The first-order valence-corrected chi connectivity index (χ1v) is 5.78. The fourth-order valence-corrected chi connectivity index (χ4v) is 2.40. The number of oxime groups is 1. The van der Waals surface area contributed by atoms with E-state index in [1.54, 1.807) is 0 Å². The summed E-state index contributed by atoms with van der Waals surface area (Å²) in [5.74, 6) is 0.433. The van der Waals surface area contributed by atoms with Crippen molar-refractivity contribution in [3.8, 4) is 0 Å². The molecule has 0 radical (unpaired) electrons. The standard InChI is InChI=1S/C13H16N2O/c1-8-3-4-10(5-9(8)2)13-11-6-14-7-12(11)16-15-13/h3-5,11-12,14H,6-7H2,1-2H3. The van der Waals surface area contributed by atoms with Crippen molar-refractivity contribution in [2.75, 3.05) is 13.1 Å². The van der Waals surface area contributed by atoms with Crippen molar-refractivity contribution in [1.82, 2.24) is 5.32 Å². The highest BCUT2D eigenvalue weighted by Crippen LogP contribution is 2.26. The van der Waals surface area contributed by atoms with Crippen molar-refractivity contribution < 1.29 is 4.84 Å². The Morgan fingerprint density at radius 2 is 2.12 bits per heavy atom. The maximum Gasteiger partial charge on any atom is 0.149 e. The zero-order valence-corrected chi connectivity index (χ0v) is 9.66. The molecule has 2 aliphatic heterocycles. The molecule has 0 amide bonds. The van der Waals surface area contributed by atoms with Gasteiger partial charge in [-0.25, -0.2) is 0 Å². The number of aryl methyl sites for hydroxylation is 2. The largest absolute Gasteiger partial charge is 0.390 e. The Balaban J connectivity index is 1.95. The van der Waals surface area contributed by atoms with Crippen LogP contribution >= 0.6 is 0 Å². The summed E-state index contributed by atoms with van der Waals surface area (Å²) < 4.78 is 0. The number of benzene rings is 1. The molecule has 1 aromatic carbocycles. The molecule has 2 aliphatic rings. The van der Waals surface area contributed by atoms with E-state index >= 15 is 0 Å². The van der Waals surface area contributed by atoms with Crippen LogP contribution in [0.3, 0.4) is 0 Å². The maximum absolute atomic E-state index is 5.44. The molecule has 1 fully saturated rings. The minimum absolute atomic E-state index is 0.247. The SMILES string of the molecule is Cc1ccc(C2=NOC3CNCC23)cc1C. The van der Waals surface area contributed by atoms with Gasteiger partial charge in [0, 0.05) is 18.7 Å². The van der Waals surface area contributed by atoms with Crippen LogP contribution in [0.5, 0.6) is 0 Å². The van der Waals surface area contributed by atoms with Crippen LogP contribution in [0.15, 0.2) is 23.4 Å². The van der Waals surface area contributed by atoms with Crippen LogP contribution in [0.25, 0.3) is 0 Å². The van der Waals surface area contributed by atoms with Gasteiger partial charge in [-0.3, -0.25) is 0 Å². The Kier molecular flexibility index (Phi) is 2.21. The van der Waals surface area contributed by atoms with Crippen LogP contribution in [0.1, 0.15) is 16.7 Å². The van der Waals surface area contributed by atoms with Crippen molar-refractivity contribution >= 4 is 5.71 Å². The van der Waals surface area contributed by atoms with E-state index < -0.39 is 0 Å². The lowest BCUT2D eigenvalue weighted by atomic mass is 9.93. The summed E-state index contributed by atoms with van der Waals surface area (Å²) in [5.41, 5.74) is 4.95. The van der Waals surface area contributed by atoms with E-state index in [-0.39, 0.29) is 6.10 Å². The van der Waals surface area contributed by atoms with Crippen LogP contribution in [-0.4, -0.2) is 24.9 Å². The molecule has 0 aromatic heterocycles. The first kappa shape index (κ1) is 9.85. The van der Waals surface area contributed by atoms with E-state index in [9.17, 15) is 0 Å². The monoisotopic (exact) mass is 216 g/mol. The Morgan fingerprint density at radius 3 is 2.94 bits per heavy atom.